The van der Waals surface area contributed by atoms with Gasteiger partial charge in [-0.25, -0.2) is 4.79 Å². The van der Waals surface area contributed by atoms with E-state index in [0.29, 0.717) is 24.3 Å². The van der Waals surface area contributed by atoms with Crippen LogP contribution in [0.25, 0.3) is 5.69 Å². The van der Waals surface area contributed by atoms with Crippen molar-refractivity contribution in [2.45, 2.75) is 51.4 Å². The van der Waals surface area contributed by atoms with Crippen LogP contribution in [-0.4, -0.2) is 57.0 Å². The number of Topliss-reactive ketones (excluding diaryl/α,β-unsaturated/α-hetero) is 1. The number of fused-ring (bicyclic) bond motifs is 1. The van der Waals surface area contributed by atoms with Crippen LogP contribution in [0.3, 0.4) is 0 Å². The van der Waals surface area contributed by atoms with Crippen molar-refractivity contribution < 1.29 is 23.9 Å². The smallest absolute Gasteiger partial charge is 0.330 e. The monoisotopic (exact) mass is 456 g/mol. The van der Waals surface area contributed by atoms with Gasteiger partial charge in [0.1, 0.15) is 11.8 Å². The van der Waals surface area contributed by atoms with Gasteiger partial charge < -0.3 is 18.9 Å². The summed E-state index contributed by atoms with van der Waals surface area (Å²) in [6, 6.07) is 8.88. The number of aromatic nitrogens is 1. The normalized spacial score (nSPS) is 22.2. The lowest BCUT2D eigenvalue weighted by molar-refractivity contribution is -0.152. The molecule has 2 aliphatic heterocycles. The Hall–Kier alpha value is -2.74. The molecule has 2 aromatic rings. The van der Waals surface area contributed by atoms with Crippen molar-refractivity contribution in [3.05, 3.63) is 47.3 Å². The summed E-state index contributed by atoms with van der Waals surface area (Å²) in [7, 11) is 0. The average molecular weight is 457 g/mol. The molecule has 7 nitrogen and oxygen atoms in total. The Morgan fingerprint density at radius 2 is 1.94 bits per heavy atom. The summed E-state index contributed by atoms with van der Waals surface area (Å²) in [6.07, 6.45) is 1.18. The van der Waals surface area contributed by atoms with Crippen LogP contribution in [0, 0.1) is 13.8 Å². The molecule has 1 aromatic heterocycles. The summed E-state index contributed by atoms with van der Waals surface area (Å²) < 4.78 is 12.9. The third-order valence-corrected chi connectivity index (χ3v) is 7.71. The minimum atomic E-state index is -0.621. The number of esters is 1. The first-order chi connectivity index (χ1) is 15.2. The first kappa shape index (κ1) is 22.5. The quantitative estimate of drug-likeness (QED) is 0.467. The Balaban J connectivity index is 1.45. The number of thioether (sulfide) groups is 1. The van der Waals surface area contributed by atoms with Crippen molar-refractivity contribution in [3.8, 4) is 11.4 Å². The Morgan fingerprint density at radius 1 is 1.22 bits per heavy atom. The summed E-state index contributed by atoms with van der Waals surface area (Å²) in [6.45, 7) is 7.99. The van der Waals surface area contributed by atoms with Crippen LogP contribution in [0.2, 0.25) is 0 Å². The van der Waals surface area contributed by atoms with Crippen molar-refractivity contribution in [1.29, 1.82) is 0 Å². The lowest BCUT2D eigenvalue weighted by Crippen LogP contribution is -2.46. The molecule has 0 aliphatic carbocycles. The molecule has 1 amide bonds. The van der Waals surface area contributed by atoms with Crippen LogP contribution in [0.5, 0.6) is 5.75 Å². The van der Waals surface area contributed by atoms with Crippen molar-refractivity contribution in [1.82, 2.24) is 9.47 Å². The van der Waals surface area contributed by atoms with Gasteiger partial charge in [-0.2, -0.15) is 0 Å². The molecule has 0 saturated carbocycles. The molecule has 2 fully saturated rings. The van der Waals surface area contributed by atoms with Crippen molar-refractivity contribution in [2.24, 2.45) is 0 Å². The first-order valence-electron chi connectivity index (χ1n) is 10.8. The highest BCUT2D eigenvalue weighted by molar-refractivity contribution is 8.01. The molecule has 2 aliphatic rings. The molecule has 2 atom stereocenters. The molecule has 0 bridgehead atoms. The highest BCUT2D eigenvalue weighted by Crippen LogP contribution is 2.47. The fraction of sp³-hybridized carbons (Fsp3) is 0.458. The summed E-state index contributed by atoms with van der Waals surface area (Å²) in [5.74, 6) is 0.501. The number of ether oxygens (including phenoxy) is 2. The van der Waals surface area contributed by atoms with Gasteiger partial charge in [0.25, 0.3) is 0 Å². The second kappa shape index (κ2) is 8.65. The van der Waals surface area contributed by atoms with Crippen molar-refractivity contribution >= 4 is 29.4 Å². The fourth-order valence-corrected chi connectivity index (χ4v) is 6.02. The van der Waals surface area contributed by atoms with Gasteiger partial charge in [0.05, 0.1) is 11.5 Å². The Kier molecular flexibility index (Phi) is 6.07. The van der Waals surface area contributed by atoms with Gasteiger partial charge in [0.15, 0.2) is 6.61 Å². The number of aryl methyl sites for hydroxylation is 1. The Bertz CT molecular complexity index is 1060. The van der Waals surface area contributed by atoms with Gasteiger partial charge in [0.2, 0.25) is 11.7 Å². The van der Waals surface area contributed by atoms with E-state index >= 15 is 0 Å². The third kappa shape index (κ3) is 3.92. The lowest BCUT2D eigenvalue weighted by Gasteiger charge is -2.29. The second-order valence-electron chi connectivity index (χ2n) is 8.34. The van der Waals surface area contributed by atoms with Gasteiger partial charge in [-0.05, 0) is 64.4 Å². The van der Waals surface area contributed by atoms with Gasteiger partial charge in [0, 0.05) is 34.8 Å². The summed E-state index contributed by atoms with van der Waals surface area (Å²) >= 11 is 1.60. The van der Waals surface area contributed by atoms with Crippen LogP contribution in [0.15, 0.2) is 30.3 Å². The van der Waals surface area contributed by atoms with Crippen LogP contribution in [0.4, 0.5) is 0 Å². The molecule has 0 unspecified atom stereocenters. The molecule has 0 spiro atoms. The standard InChI is InChI=1S/C24H28N2O5S/c1-5-30-18-8-6-17(7-9-18)25-15(2)12-19(16(25)3)21(27)13-31-23(29)20-14-32-24(4)11-10-22(28)26(20)24/h6-9,12,20H,5,10-11,13-14H2,1-4H3/t20-,24+/m1/s1. The fourth-order valence-electron chi connectivity index (χ4n) is 4.61. The van der Waals surface area contributed by atoms with E-state index in [4.69, 9.17) is 9.47 Å². The molecule has 3 heterocycles. The topological polar surface area (TPSA) is 77.8 Å². The zero-order valence-corrected chi connectivity index (χ0v) is 19.7. The van der Waals surface area contributed by atoms with E-state index in [2.05, 4.69) is 0 Å². The SMILES string of the molecule is CCOc1ccc(-n2c(C)cc(C(=O)COC(=O)[C@H]3CS[C@@]4(C)CCC(=O)N34)c2C)cc1. The predicted molar refractivity (Wildman–Crippen MR) is 122 cm³/mol. The number of amides is 1. The molecule has 4 rings (SSSR count). The number of hydrogen-bond donors (Lipinski definition) is 0. The molecule has 32 heavy (non-hydrogen) atoms. The van der Waals surface area contributed by atoms with E-state index in [0.717, 1.165) is 29.2 Å². The molecule has 0 N–H and O–H groups in total. The van der Waals surface area contributed by atoms with Gasteiger partial charge in [-0.1, -0.05) is 0 Å². The number of nitrogens with zero attached hydrogens (tertiary/aromatic N) is 2. The summed E-state index contributed by atoms with van der Waals surface area (Å²) in [5.41, 5.74) is 3.14. The van der Waals surface area contributed by atoms with Gasteiger partial charge in [-0.3, -0.25) is 9.59 Å². The maximum absolute atomic E-state index is 12.9. The van der Waals surface area contributed by atoms with Crippen molar-refractivity contribution in [3.63, 3.8) is 0 Å². The zero-order chi connectivity index (χ0) is 23.0. The Morgan fingerprint density at radius 3 is 2.62 bits per heavy atom. The minimum Gasteiger partial charge on any atom is -0.494 e. The molecular formula is C24H28N2O5S. The predicted octanol–water partition coefficient (Wildman–Crippen LogP) is 3.67. The first-order valence-corrected chi connectivity index (χ1v) is 11.8. The van der Waals surface area contributed by atoms with Crippen LogP contribution in [0.1, 0.15) is 48.4 Å². The van der Waals surface area contributed by atoms with E-state index in [1.165, 1.54) is 0 Å². The minimum absolute atomic E-state index is 0.0234. The largest absolute Gasteiger partial charge is 0.494 e. The summed E-state index contributed by atoms with van der Waals surface area (Å²) in [4.78, 5) is 39.1. The molecule has 8 heteroatoms. The maximum Gasteiger partial charge on any atom is 0.330 e. The van der Waals surface area contributed by atoms with Crippen molar-refractivity contribution in [2.75, 3.05) is 19.0 Å². The Labute approximate surface area is 192 Å². The molecule has 1 aromatic carbocycles. The van der Waals surface area contributed by atoms with E-state index in [9.17, 15) is 14.4 Å². The molecule has 2 saturated heterocycles. The number of ketones is 1. The third-order valence-electron chi connectivity index (χ3n) is 6.20. The van der Waals surface area contributed by atoms with Crippen LogP contribution < -0.4 is 4.74 Å². The average Bonchev–Trinajstić information content (AvgIpc) is 3.37. The van der Waals surface area contributed by atoms with E-state index in [1.807, 2.05) is 62.6 Å². The van der Waals surface area contributed by atoms with Gasteiger partial charge in [-0.15, -0.1) is 11.8 Å². The number of carbonyl (C=O) groups is 3. The maximum atomic E-state index is 12.9. The van der Waals surface area contributed by atoms with Gasteiger partial charge >= 0.3 is 5.97 Å². The van der Waals surface area contributed by atoms with Crippen LogP contribution in [-0.2, 0) is 14.3 Å². The number of carbonyl (C=O) groups excluding carboxylic acids is 3. The molecule has 0 radical (unpaired) electrons. The zero-order valence-electron chi connectivity index (χ0n) is 18.8. The van der Waals surface area contributed by atoms with E-state index < -0.39 is 12.0 Å². The molecule has 170 valence electrons. The molecular weight excluding hydrogens is 428 g/mol. The number of rotatable bonds is 7. The highest BCUT2D eigenvalue weighted by atomic mass is 32.2. The van der Waals surface area contributed by atoms with E-state index in [1.54, 1.807) is 16.7 Å². The number of benzene rings is 1. The van der Waals surface area contributed by atoms with Crippen LogP contribution >= 0.6 is 11.8 Å². The van der Waals surface area contributed by atoms with E-state index in [-0.39, 0.29) is 23.2 Å². The highest BCUT2D eigenvalue weighted by Gasteiger charge is 2.53. The summed E-state index contributed by atoms with van der Waals surface area (Å²) in [5, 5.41) is 0. The number of hydrogen-bond acceptors (Lipinski definition) is 6. The second-order valence-corrected chi connectivity index (χ2v) is 9.85. The lowest BCUT2D eigenvalue weighted by atomic mass is 10.1.